The molecule has 0 aromatic carbocycles. The van der Waals surface area contributed by atoms with E-state index in [4.69, 9.17) is 9.47 Å². The van der Waals surface area contributed by atoms with Gasteiger partial charge in [-0.25, -0.2) is 4.79 Å². The minimum Gasteiger partial charge on any atom is -0.463 e. The molecule has 2 atom stereocenters. The molecular weight excluding hydrogens is 278 g/mol. The summed E-state index contributed by atoms with van der Waals surface area (Å²) in [6, 6.07) is 0.367. The molecule has 0 bridgehead atoms. The number of ether oxygens (including phenoxy) is 2. The quantitative estimate of drug-likeness (QED) is 0.593. The Kier molecular flexibility index (Phi) is 6.04. The summed E-state index contributed by atoms with van der Waals surface area (Å²) < 4.78 is 10.6. The summed E-state index contributed by atoms with van der Waals surface area (Å²) in [7, 11) is 0. The monoisotopic (exact) mass is 309 g/mol. The molecule has 0 aromatic heterocycles. The number of hydrogen-bond donors (Lipinski definition) is 0. The number of morpholine rings is 1. The topological polar surface area (TPSA) is 38.8 Å². The predicted octanol–water partition coefficient (Wildman–Crippen LogP) is 3.02. The van der Waals surface area contributed by atoms with Crippen molar-refractivity contribution >= 4 is 5.97 Å². The summed E-state index contributed by atoms with van der Waals surface area (Å²) in [5.74, 6) is 0.504. The van der Waals surface area contributed by atoms with Crippen molar-refractivity contribution in [2.45, 2.75) is 53.0 Å². The normalized spacial score (nSPS) is 29.5. The highest BCUT2D eigenvalue weighted by Crippen LogP contribution is 2.41. The molecule has 0 spiro atoms. The van der Waals surface area contributed by atoms with E-state index < -0.39 is 0 Å². The van der Waals surface area contributed by atoms with Gasteiger partial charge >= 0.3 is 5.97 Å². The molecule has 4 nitrogen and oxygen atoms in total. The lowest BCUT2D eigenvalue weighted by Gasteiger charge is -2.44. The molecule has 0 amide bonds. The molecular formula is C18H31NO3. The van der Waals surface area contributed by atoms with Crippen molar-refractivity contribution in [1.29, 1.82) is 0 Å². The Labute approximate surface area is 134 Å². The van der Waals surface area contributed by atoms with Gasteiger partial charge in [0.2, 0.25) is 0 Å². The van der Waals surface area contributed by atoms with E-state index in [1.807, 2.05) is 6.92 Å². The maximum atomic E-state index is 11.9. The molecule has 4 heteroatoms. The van der Waals surface area contributed by atoms with Crippen LogP contribution in [0, 0.1) is 11.3 Å². The number of esters is 1. The highest BCUT2D eigenvalue weighted by atomic mass is 16.5. The Morgan fingerprint density at radius 2 is 2.05 bits per heavy atom. The van der Waals surface area contributed by atoms with E-state index in [1.165, 1.54) is 5.57 Å². The van der Waals surface area contributed by atoms with Crippen molar-refractivity contribution in [1.82, 2.24) is 4.90 Å². The van der Waals surface area contributed by atoms with E-state index in [0.717, 1.165) is 45.6 Å². The smallest absolute Gasteiger partial charge is 0.330 e. The fourth-order valence-corrected chi connectivity index (χ4v) is 3.61. The minimum atomic E-state index is -0.190. The second-order valence-electron chi connectivity index (χ2n) is 7.47. The SMILES string of the molecule is CCOC(=O)/C=C1\CCC(C(C)(C)C)CC1N1CCOCC1. The molecule has 1 saturated heterocycles. The third kappa shape index (κ3) is 4.56. The third-order valence-corrected chi connectivity index (χ3v) is 5.02. The van der Waals surface area contributed by atoms with Gasteiger partial charge in [0.1, 0.15) is 0 Å². The second kappa shape index (κ2) is 7.60. The van der Waals surface area contributed by atoms with E-state index in [9.17, 15) is 4.79 Å². The summed E-state index contributed by atoms with van der Waals surface area (Å²) in [5, 5.41) is 0. The van der Waals surface area contributed by atoms with Crippen molar-refractivity contribution in [2.24, 2.45) is 11.3 Å². The summed E-state index contributed by atoms with van der Waals surface area (Å²) in [5.41, 5.74) is 1.57. The van der Waals surface area contributed by atoms with Gasteiger partial charge in [-0.05, 0) is 43.1 Å². The zero-order chi connectivity index (χ0) is 16.2. The maximum Gasteiger partial charge on any atom is 0.330 e. The van der Waals surface area contributed by atoms with Crippen LogP contribution in [0.4, 0.5) is 0 Å². The van der Waals surface area contributed by atoms with Crippen LogP contribution in [0.2, 0.25) is 0 Å². The van der Waals surface area contributed by atoms with E-state index in [2.05, 4.69) is 25.7 Å². The van der Waals surface area contributed by atoms with Crippen LogP contribution in [0.5, 0.6) is 0 Å². The van der Waals surface area contributed by atoms with Gasteiger partial charge in [0.15, 0.2) is 0 Å². The lowest BCUT2D eigenvalue weighted by molar-refractivity contribution is -0.137. The first-order chi connectivity index (χ1) is 10.4. The lowest BCUT2D eigenvalue weighted by atomic mass is 9.69. The van der Waals surface area contributed by atoms with Crippen LogP contribution >= 0.6 is 0 Å². The Balaban J connectivity index is 2.15. The van der Waals surface area contributed by atoms with Gasteiger partial charge in [-0.2, -0.15) is 0 Å². The van der Waals surface area contributed by atoms with Gasteiger partial charge in [-0.15, -0.1) is 0 Å². The van der Waals surface area contributed by atoms with E-state index in [0.29, 0.717) is 24.0 Å². The molecule has 1 heterocycles. The van der Waals surface area contributed by atoms with Crippen LogP contribution in [0.1, 0.15) is 47.0 Å². The molecule has 0 N–H and O–H groups in total. The highest BCUT2D eigenvalue weighted by Gasteiger charge is 2.36. The van der Waals surface area contributed by atoms with Crippen LogP contribution in [-0.2, 0) is 14.3 Å². The lowest BCUT2D eigenvalue weighted by Crippen LogP contribution is -2.48. The van der Waals surface area contributed by atoms with Gasteiger partial charge in [-0.1, -0.05) is 20.8 Å². The molecule has 126 valence electrons. The first-order valence-corrected chi connectivity index (χ1v) is 8.61. The number of carbonyl (C=O) groups excluding carboxylic acids is 1. The zero-order valence-corrected chi connectivity index (χ0v) is 14.6. The van der Waals surface area contributed by atoms with Crippen LogP contribution in [0.25, 0.3) is 0 Å². The van der Waals surface area contributed by atoms with Crippen molar-refractivity contribution in [3.05, 3.63) is 11.6 Å². The van der Waals surface area contributed by atoms with Crippen molar-refractivity contribution in [3.8, 4) is 0 Å². The summed E-state index contributed by atoms with van der Waals surface area (Å²) in [6.45, 7) is 12.8. The third-order valence-electron chi connectivity index (χ3n) is 5.02. The van der Waals surface area contributed by atoms with Gasteiger partial charge < -0.3 is 9.47 Å². The summed E-state index contributed by atoms with van der Waals surface area (Å²) in [6.07, 6.45) is 5.05. The minimum absolute atomic E-state index is 0.190. The Hall–Kier alpha value is -0.870. The number of hydrogen-bond acceptors (Lipinski definition) is 4. The van der Waals surface area contributed by atoms with Crippen LogP contribution in [-0.4, -0.2) is 49.8 Å². The molecule has 2 unspecified atom stereocenters. The number of rotatable bonds is 3. The largest absolute Gasteiger partial charge is 0.463 e. The van der Waals surface area contributed by atoms with E-state index in [-0.39, 0.29) is 5.97 Å². The van der Waals surface area contributed by atoms with E-state index >= 15 is 0 Å². The molecule has 0 radical (unpaired) electrons. The Bertz CT molecular complexity index is 405. The first kappa shape index (κ1) is 17.5. The molecule has 2 fully saturated rings. The van der Waals surface area contributed by atoms with Crippen LogP contribution < -0.4 is 0 Å². The Morgan fingerprint density at radius 1 is 1.36 bits per heavy atom. The predicted molar refractivity (Wildman–Crippen MR) is 87.7 cm³/mol. The Morgan fingerprint density at radius 3 is 2.64 bits per heavy atom. The maximum absolute atomic E-state index is 11.9. The first-order valence-electron chi connectivity index (χ1n) is 8.61. The average molecular weight is 309 g/mol. The van der Waals surface area contributed by atoms with Gasteiger partial charge in [-0.3, -0.25) is 4.90 Å². The van der Waals surface area contributed by atoms with Crippen LogP contribution in [0.3, 0.4) is 0 Å². The fraction of sp³-hybridized carbons (Fsp3) is 0.833. The van der Waals surface area contributed by atoms with Gasteiger partial charge in [0.05, 0.1) is 19.8 Å². The van der Waals surface area contributed by atoms with Crippen LogP contribution in [0.15, 0.2) is 11.6 Å². The highest BCUT2D eigenvalue weighted by molar-refractivity contribution is 5.83. The van der Waals surface area contributed by atoms with Crippen molar-refractivity contribution in [2.75, 3.05) is 32.9 Å². The number of carbonyl (C=O) groups is 1. The molecule has 22 heavy (non-hydrogen) atoms. The molecule has 2 rings (SSSR count). The van der Waals surface area contributed by atoms with Gasteiger partial charge in [0.25, 0.3) is 0 Å². The molecule has 2 aliphatic rings. The standard InChI is InChI=1S/C18H31NO3/c1-5-22-17(20)12-14-6-7-15(18(2,3)4)13-16(14)19-8-10-21-11-9-19/h12,15-16H,5-11,13H2,1-4H3/b14-12+. The molecule has 1 aliphatic carbocycles. The molecule has 1 aliphatic heterocycles. The van der Waals surface area contributed by atoms with E-state index in [1.54, 1.807) is 6.08 Å². The average Bonchev–Trinajstić information content (AvgIpc) is 2.47. The van der Waals surface area contributed by atoms with Crippen molar-refractivity contribution < 1.29 is 14.3 Å². The zero-order valence-electron chi connectivity index (χ0n) is 14.6. The second-order valence-corrected chi connectivity index (χ2v) is 7.47. The molecule has 0 aromatic rings. The van der Waals surface area contributed by atoms with Gasteiger partial charge in [0, 0.05) is 25.2 Å². The summed E-state index contributed by atoms with van der Waals surface area (Å²) in [4.78, 5) is 14.4. The van der Waals surface area contributed by atoms with Crippen molar-refractivity contribution in [3.63, 3.8) is 0 Å². The molecule has 1 saturated carbocycles. The fourth-order valence-electron chi connectivity index (χ4n) is 3.61. The summed E-state index contributed by atoms with van der Waals surface area (Å²) >= 11 is 0. The number of nitrogens with zero attached hydrogens (tertiary/aromatic N) is 1.